The van der Waals surface area contributed by atoms with Gasteiger partial charge in [-0.15, -0.1) is 0 Å². The monoisotopic (exact) mass is 634 g/mol. The van der Waals surface area contributed by atoms with Crippen LogP contribution in [-0.4, -0.2) is 26.4 Å². The van der Waals surface area contributed by atoms with Gasteiger partial charge < -0.3 is 9.47 Å². The molecule has 0 amide bonds. The number of aromatic nitrogens is 4. The lowest BCUT2D eigenvalue weighted by atomic mass is 9.86. The van der Waals surface area contributed by atoms with Crippen LogP contribution < -0.4 is 9.47 Å². The predicted molar refractivity (Wildman–Crippen MR) is 196 cm³/mol. The van der Waals surface area contributed by atoms with Crippen LogP contribution in [0.5, 0.6) is 17.2 Å². The highest BCUT2D eigenvalue weighted by Gasteiger charge is 2.18. The number of pyridine rings is 1. The maximum Gasteiger partial charge on any atom is 0.141 e. The number of benzene rings is 4. The fraction of sp³-hybridized carbons (Fsp3) is 0.238. The molecule has 0 atom stereocenters. The summed E-state index contributed by atoms with van der Waals surface area (Å²) in [5.41, 5.74) is 9.62. The number of hydrogen-bond acceptors (Lipinski definition) is 4. The zero-order valence-electron chi connectivity index (χ0n) is 28.6. The lowest BCUT2D eigenvalue weighted by Gasteiger charge is -2.18. The number of methoxy groups -OCH3 is 1. The Kier molecular flexibility index (Phi) is 8.49. The minimum atomic E-state index is 0.563. The Morgan fingerprint density at radius 1 is 0.708 bits per heavy atom. The zero-order valence-corrected chi connectivity index (χ0v) is 28.6. The smallest absolute Gasteiger partial charge is 0.141 e. The van der Waals surface area contributed by atoms with Crippen LogP contribution in [0.3, 0.4) is 0 Å². The number of aryl methyl sites for hydroxylation is 1. The van der Waals surface area contributed by atoms with Crippen molar-refractivity contribution in [3.05, 3.63) is 126 Å². The molecule has 0 N–H and O–H groups in total. The molecule has 6 heteroatoms. The van der Waals surface area contributed by atoms with E-state index in [1.54, 1.807) is 13.3 Å². The third-order valence-electron chi connectivity index (χ3n) is 8.72. The second-order valence-electron chi connectivity index (χ2n) is 13.5. The standard InChI is InChI=1S/C42H42N4O2/c1-27(2)18-30-20-29(5)21-31(19-28(3)4)42(30)32-25-44-45(26-32)33-10-9-11-35(22-33)48-36-14-15-38-37-12-7-8-13-39(37)46(40(38)23-36)41-24-34(47-6)16-17-43-41/h7-17,20-28H,18-19H2,1-6H3. The Balaban J connectivity index is 1.24. The van der Waals surface area contributed by atoms with E-state index in [0.29, 0.717) is 11.8 Å². The quantitative estimate of drug-likeness (QED) is 0.150. The van der Waals surface area contributed by atoms with Gasteiger partial charge in [0, 0.05) is 46.9 Å². The van der Waals surface area contributed by atoms with E-state index in [-0.39, 0.29) is 0 Å². The van der Waals surface area contributed by atoms with Gasteiger partial charge in [-0.05, 0) is 84.7 Å². The molecule has 0 spiro atoms. The molecular formula is C42H42N4O2. The fourth-order valence-electron chi connectivity index (χ4n) is 6.84. The molecule has 3 aromatic heterocycles. The van der Waals surface area contributed by atoms with Crippen LogP contribution in [0.4, 0.5) is 0 Å². The largest absolute Gasteiger partial charge is 0.497 e. The number of rotatable bonds is 10. The molecular weight excluding hydrogens is 592 g/mol. The third kappa shape index (κ3) is 6.18. The van der Waals surface area contributed by atoms with Crippen molar-refractivity contribution in [3.63, 3.8) is 0 Å². The van der Waals surface area contributed by atoms with E-state index >= 15 is 0 Å². The Morgan fingerprint density at radius 2 is 1.44 bits per heavy atom. The van der Waals surface area contributed by atoms with E-state index in [1.807, 2.05) is 47.3 Å². The summed E-state index contributed by atoms with van der Waals surface area (Å²) in [6, 6.07) is 31.2. The summed E-state index contributed by atoms with van der Waals surface area (Å²) < 4.78 is 16.1. The molecule has 48 heavy (non-hydrogen) atoms. The minimum absolute atomic E-state index is 0.563. The molecule has 6 nitrogen and oxygen atoms in total. The second kappa shape index (κ2) is 13.0. The van der Waals surface area contributed by atoms with Crippen molar-refractivity contribution in [3.8, 4) is 39.9 Å². The zero-order chi connectivity index (χ0) is 33.4. The van der Waals surface area contributed by atoms with Crippen molar-refractivity contribution in [2.45, 2.75) is 47.5 Å². The van der Waals surface area contributed by atoms with Crippen LogP contribution >= 0.6 is 0 Å². The molecule has 0 bridgehead atoms. The Labute approximate surface area is 282 Å². The van der Waals surface area contributed by atoms with E-state index in [4.69, 9.17) is 14.6 Å². The molecule has 0 saturated carbocycles. The Morgan fingerprint density at radius 3 is 2.19 bits per heavy atom. The van der Waals surface area contributed by atoms with Gasteiger partial charge in [0.1, 0.15) is 23.1 Å². The van der Waals surface area contributed by atoms with Crippen molar-refractivity contribution in [1.82, 2.24) is 19.3 Å². The third-order valence-corrected chi connectivity index (χ3v) is 8.72. The van der Waals surface area contributed by atoms with Gasteiger partial charge in [0.15, 0.2) is 0 Å². The topological polar surface area (TPSA) is 54.1 Å². The molecule has 7 rings (SSSR count). The van der Waals surface area contributed by atoms with Gasteiger partial charge in [-0.3, -0.25) is 4.57 Å². The molecule has 0 saturated heterocycles. The summed E-state index contributed by atoms with van der Waals surface area (Å²) in [5, 5.41) is 7.12. The van der Waals surface area contributed by atoms with Crippen molar-refractivity contribution in [2.75, 3.05) is 7.11 Å². The van der Waals surface area contributed by atoms with Crippen LogP contribution in [0.15, 0.2) is 110 Å². The number of hydrogen-bond donors (Lipinski definition) is 0. The van der Waals surface area contributed by atoms with Gasteiger partial charge in [0.2, 0.25) is 0 Å². The first-order valence-electron chi connectivity index (χ1n) is 16.8. The summed E-state index contributed by atoms with van der Waals surface area (Å²) in [5.74, 6) is 4.15. The number of nitrogens with zero attached hydrogens (tertiary/aromatic N) is 4. The van der Waals surface area contributed by atoms with Gasteiger partial charge in [-0.25, -0.2) is 9.67 Å². The second-order valence-corrected chi connectivity index (χ2v) is 13.5. The number of para-hydroxylation sites is 1. The van der Waals surface area contributed by atoms with Crippen molar-refractivity contribution in [2.24, 2.45) is 11.8 Å². The Bertz CT molecular complexity index is 2210. The average Bonchev–Trinajstić information content (AvgIpc) is 3.67. The summed E-state index contributed by atoms with van der Waals surface area (Å²) in [6.45, 7) is 11.4. The summed E-state index contributed by atoms with van der Waals surface area (Å²) >= 11 is 0. The van der Waals surface area contributed by atoms with Gasteiger partial charge in [0.05, 0.1) is 30.0 Å². The van der Waals surface area contributed by atoms with Crippen molar-refractivity contribution in [1.29, 1.82) is 0 Å². The lowest BCUT2D eigenvalue weighted by Crippen LogP contribution is -2.04. The fourth-order valence-corrected chi connectivity index (χ4v) is 6.84. The molecule has 0 aliphatic carbocycles. The van der Waals surface area contributed by atoms with Crippen LogP contribution in [0.2, 0.25) is 0 Å². The summed E-state index contributed by atoms with van der Waals surface area (Å²) in [4.78, 5) is 4.69. The molecule has 242 valence electrons. The highest BCUT2D eigenvalue weighted by atomic mass is 16.5. The minimum Gasteiger partial charge on any atom is -0.497 e. The summed E-state index contributed by atoms with van der Waals surface area (Å²) in [6.07, 6.45) is 8.01. The first-order valence-corrected chi connectivity index (χ1v) is 16.8. The van der Waals surface area contributed by atoms with Gasteiger partial charge in [-0.2, -0.15) is 5.10 Å². The van der Waals surface area contributed by atoms with E-state index in [0.717, 1.165) is 69.0 Å². The van der Waals surface area contributed by atoms with E-state index < -0.39 is 0 Å². The first kappa shape index (κ1) is 31.3. The van der Waals surface area contributed by atoms with Gasteiger partial charge in [-0.1, -0.05) is 69.7 Å². The molecule has 0 aliphatic rings. The van der Waals surface area contributed by atoms with Gasteiger partial charge in [0.25, 0.3) is 0 Å². The number of ether oxygens (including phenoxy) is 2. The molecule has 0 aliphatic heterocycles. The highest BCUT2D eigenvalue weighted by molar-refractivity contribution is 6.09. The van der Waals surface area contributed by atoms with Gasteiger partial charge >= 0.3 is 0 Å². The van der Waals surface area contributed by atoms with Crippen LogP contribution in [0, 0.1) is 18.8 Å². The van der Waals surface area contributed by atoms with E-state index in [9.17, 15) is 0 Å². The average molecular weight is 635 g/mol. The Hall–Kier alpha value is -5.36. The molecule has 0 radical (unpaired) electrons. The maximum absolute atomic E-state index is 6.51. The van der Waals surface area contributed by atoms with Crippen molar-refractivity contribution < 1.29 is 9.47 Å². The maximum atomic E-state index is 6.51. The van der Waals surface area contributed by atoms with Crippen LogP contribution in [0.25, 0.3) is 44.4 Å². The lowest BCUT2D eigenvalue weighted by molar-refractivity contribution is 0.414. The van der Waals surface area contributed by atoms with Crippen LogP contribution in [0.1, 0.15) is 44.4 Å². The molecule has 4 aromatic carbocycles. The molecule has 0 fully saturated rings. The van der Waals surface area contributed by atoms with Crippen molar-refractivity contribution >= 4 is 21.8 Å². The van der Waals surface area contributed by atoms with Crippen LogP contribution in [-0.2, 0) is 12.8 Å². The molecule has 0 unspecified atom stereocenters. The SMILES string of the molecule is COc1ccnc(-n2c3ccccc3c3ccc(Oc4cccc(-n5cc(-c6c(CC(C)C)cc(C)cc6CC(C)C)cn5)c4)cc32)c1. The number of fused-ring (bicyclic) bond motifs is 3. The summed E-state index contributed by atoms with van der Waals surface area (Å²) in [7, 11) is 1.67. The predicted octanol–water partition coefficient (Wildman–Crippen LogP) is 10.5. The molecule has 7 aromatic rings. The van der Waals surface area contributed by atoms with E-state index in [2.05, 4.69) is 105 Å². The normalized spacial score (nSPS) is 11.7. The highest BCUT2D eigenvalue weighted by Crippen LogP contribution is 2.36. The van der Waals surface area contributed by atoms with E-state index in [1.165, 1.54) is 22.3 Å². The first-order chi connectivity index (χ1) is 23.3. The molecule has 3 heterocycles.